The Labute approximate surface area is 174 Å². The molecule has 1 aliphatic heterocycles. The number of rotatable bonds is 9. The summed E-state index contributed by atoms with van der Waals surface area (Å²) in [6, 6.07) is 7.80. The number of benzene rings is 1. The van der Waals surface area contributed by atoms with E-state index in [4.69, 9.17) is 9.47 Å². The number of guanidine groups is 1. The van der Waals surface area contributed by atoms with Gasteiger partial charge in [-0.05, 0) is 18.1 Å². The Bertz CT molecular complexity index is 659. The third-order valence-electron chi connectivity index (χ3n) is 4.80. The Hall–Kier alpha value is -2.32. The normalized spacial score (nSPS) is 16.4. The smallest absolute Gasteiger partial charge is 0.221 e. The maximum atomic E-state index is 11.2. The van der Waals surface area contributed by atoms with Crippen molar-refractivity contribution >= 4 is 17.6 Å². The number of nitrogens with zero attached hydrogens (tertiary/aromatic N) is 2. The average Bonchev–Trinajstić information content (AvgIpc) is 2.70. The second kappa shape index (κ2) is 12.3. The monoisotopic (exact) mass is 405 g/mol. The van der Waals surface area contributed by atoms with Gasteiger partial charge < -0.3 is 25.4 Å². The molecule has 1 aromatic rings. The molecule has 1 unspecified atom stereocenters. The van der Waals surface area contributed by atoms with E-state index in [9.17, 15) is 4.79 Å². The van der Waals surface area contributed by atoms with Crippen molar-refractivity contribution in [1.82, 2.24) is 15.5 Å². The molecule has 0 spiro atoms. The van der Waals surface area contributed by atoms with Crippen molar-refractivity contribution in [2.45, 2.75) is 26.8 Å². The summed E-state index contributed by atoms with van der Waals surface area (Å²) in [7, 11) is 1.77. The van der Waals surface area contributed by atoms with Crippen LogP contribution in [0.15, 0.2) is 29.3 Å². The Balaban J connectivity index is 1.73. The summed E-state index contributed by atoms with van der Waals surface area (Å²) in [6.45, 7) is 11.5. The van der Waals surface area contributed by atoms with E-state index >= 15 is 0 Å². The van der Waals surface area contributed by atoms with E-state index in [-0.39, 0.29) is 5.91 Å². The summed E-state index contributed by atoms with van der Waals surface area (Å²) in [5, 5.41) is 9.47. The first kappa shape index (κ1) is 23.0. The molecule has 0 aliphatic carbocycles. The molecule has 0 radical (unpaired) electrons. The molecule has 1 amide bonds. The number of ether oxygens (including phenoxy) is 2. The predicted octanol–water partition coefficient (Wildman–Crippen LogP) is 1.55. The topological polar surface area (TPSA) is 87.2 Å². The molecule has 8 heteroatoms. The number of carbonyl (C=O) groups excluding carboxylic acids is 1. The van der Waals surface area contributed by atoms with E-state index in [0.717, 1.165) is 44.5 Å². The van der Waals surface area contributed by atoms with Gasteiger partial charge in [0, 0.05) is 51.4 Å². The molecule has 1 atom stereocenters. The van der Waals surface area contributed by atoms with Crippen molar-refractivity contribution < 1.29 is 14.3 Å². The quantitative estimate of drug-likeness (QED) is 0.328. The van der Waals surface area contributed by atoms with Crippen LogP contribution in [0.1, 0.15) is 20.8 Å². The summed E-state index contributed by atoms with van der Waals surface area (Å²) >= 11 is 0. The molecule has 1 saturated heterocycles. The molecule has 8 nitrogen and oxygen atoms in total. The van der Waals surface area contributed by atoms with Gasteiger partial charge in [0.15, 0.2) is 5.96 Å². The van der Waals surface area contributed by atoms with Crippen LogP contribution < -0.4 is 20.7 Å². The van der Waals surface area contributed by atoms with Crippen LogP contribution in [-0.4, -0.2) is 75.9 Å². The van der Waals surface area contributed by atoms with Crippen LogP contribution in [0.2, 0.25) is 0 Å². The van der Waals surface area contributed by atoms with E-state index < -0.39 is 0 Å². The predicted molar refractivity (Wildman–Crippen MR) is 117 cm³/mol. The molecule has 1 heterocycles. The highest BCUT2D eigenvalue weighted by atomic mass is 16.5. The molecule has 0 aromatic heterocycles. The first-order chi connectivity index (χ1) is 14.0. The van der Waals surface area contributed by atoms with E-state index in [1.807, 2.05) is 24.3 Å². The number of amides is 1. The molecule has 29 heavy (non-hydrogen) atoms. The molecule has 0 saturated carbocycles. The zero-order chi connectivity index (χ0) is 21.1. The first-order valence-corrected chi connectivity index (χ1v) is 10.3. The highest BCUT2D eigenvalue weighted by Gasteiger charge is 2.23. The van der Waals surface area contributed by atoms with Gasteiger partial charge in [-0.25, -0.2) is 0 Å². The molecule has 1 aliphatic rings. The third kappa shape index (κ3) is 8.29. The summed E-state index contributed by atoms with van der Waals surface area (Å²) in [4.78, 5) is 17.9. The lowest BCUT2D eigenvalue weighted by atomic mass is 10.0. The fourth-order valence-electron chi connectivity index (χ4n) is 3.32. The van der Waals surface area contributed by atoms with Gasteiger partial charge in [-0.3, -0.25) is 14.7 Å². The van der Waals surface area contributed by atoms with E-state index in [0.29, 0.717) is 30.9 Å². The Morgan fingerprint density at radius 2 is 2.03 bits per heavy atom. The van der Waals surface area contributed by atoms with Gasteiger partial charge in [-0.1, -0.05) is 19.9 Å². The maximum absolute atomic E-state index is 11.2. The van der Waals surface area contributed by atoms with Crippen molar-refractivity contribution in [3.8, 4) is 5.75 Å². The van der Waals surface area contributed by atoms with E-state index in [1.54, 1.807) is 7.05 Å². The summed E-state index contributed by atoms with van der Waals surface area (Å²) in [5.41, 5.74) is 0.725. The van der Waals surface area contributed by atoms with Gasteiger partial charge in [0.05, 0.1) is 19.8 Å². The highest BCUT2D eigenvalue weighted by molar-refractivity contribution is 5.88. The van der Waals surface area contributed by atoms with Gasteiger partial charge in [0.2, 0.25) is 5.91 Å². The zero-order valence-corrected chi connectivity index (χ0v) is 18.0. The maximum Gasteiger partial charge on any atom is 0.221 e. The lowest BCUT2D eigenvalue weighted by Gasteiger charge is -2.37. The van der Waals surface area contributed by atoms with Gasteiger partial charge in [-0.15, -0.1) is 0 Å². The van der Waals surface area contributed by atoms with Crippen molar-refractivity contribution in [1.29, 1.82) is 0 Å². The van der Waals surface area contributed by atoms with Crippen LogP contribution >= 0.6 is 0 Å². The van der Waals surface area contributed by atoms with Gasteiger partial charge in [-0.2, -0.15) is 0 Å². The minimum absolute atomic E-state index is 0.101. The number of aliphatic imine (C=N–C) groups is 1. The minimum atomic E-state index is -0.101. The lowest BCUT2D eigenvalue weighted by molar-refractivity contribution is -0.114. The number of anilines is 1. The first-order valence-electron chi connectivity index (χ1n) is 10.3. The lowest BCUT2D eigenvalue weighted by Crippen LogP contribution is -2.52. The highest BCUT2D eigenvalue weighted by Crippen LogP contribution is 2.17. The second-order valence-corrected chi connectivity index (χ2v) is 7.40. The molecule has 2 rings (SSSR count). The Morgan fingerprint density at radius 3 is 2.69 bits per heavy atom. The van der Waals surface area contributed by atoms with Gasteiger partial charge >= 0.3 is 0 Å². The van der Waals surface area contributed by atoms with Crippen LogP contribution in [0.5, 0.6) is 5.75 Å². The van der Waals surface area contributed by atoms with Crippen molar-refractivity contribution in [3.05, 3.63) is 24.3 Å². The van der Waals surface area contributed by atoms with Gasteiger partial charge in [0.25, 0.3) is 0 Å². The molecule has 1 aromatic carbocycles. The number of morpholine rings is 1. The number of hydrogen-bond donors (Lipinski definition) is 3. The fraction of sp³-hybridized carbons (Fsp3) is 0.619. The summed E-state index contributed by atoms with van der Waals surface area (Å²) in [5.74, 6) is 1.92. The van der Waals surface area contributed by atoms with Crippen LogP contribution in [0.25, 0.3) is 0 Å². The minimum Gasteiger partial charge on any atom is -0.492 e. The average molecular weight is 406 g/mol. The fourth-order valence-corrected chi connectivity index (χ4v) is 3.32. The van der Waals surface area contributed by atoms with E-state index in [2.05, 4.69) is 39.7 Å². The second-order valence-electron chi connectivity index (χ2n) is 7.40. The van der Waals surface area contributed by atoms with Crippen LogP contribution in [0.4, 0.5) is 5.69 Å². The van der Waals surface area contributed by atoms with Crippen molar-refractivity contribution in [2.24, 2.45) is 10.9 Å². The molecule has 0 bridgehead atoms. The van der Waals surface area contributed by atoms with Crippen molar-refractivity contribution in [2.75, 3.05) is 58.4 Å². The molecule has 3 N–H and O–H groups in total. The van der Waals surface area contributed by atoms with Crippen LogP contribution in [0.3, 0.4) is 0 Å². The number of hydrogen-bond acceptors (Lipinski definition) is 5. The summed E-state index contributed by atoms with van der Waals surface area (Å²) in [6.07, 6.45) is 0. The SMILES string of the molecule is CN=C(NCCOc1cccc(NC(C)=O)c1)NCC(C(C)C)N1CCOCC1. The Kier molecular flexibility index (Phi) is 9.73. The summed E-state index contributed by atoms with van der Waals surface area (Å²) < 4.78 is 11.2. The van der Waals surface area contributed by atoms with Crippen molar-refractivity contribution in [3.63, 3.8) is 0 Å². The van der Waals surface area contributed by atoms with Gasteiger partial charge in [0.1, 0.15) is 12.4 Å². The molecule has 1 fully saturated rings. The molecular formula is C21H35N5O3. The third-order valence-corrected chi connectivity index (χ3v) is 4.80. The number of carbonyl (C=O) groups is 1. The number of nitrogens with one attached hydrogen (secondary N) is 3. The zero-order valence-electron chi connectivity index (χ0n) is 18.0. The molecule has 162 valence electrons. The van der Waals surface area contributed by atoms with Crippen LogP contribution in [-0.2, 0) is 9.53 Å². The Morgan fingerprint density at radius 1 is 1.28 bits per heavy atom. The van der Waals surface area contributed by atoms with Crippen LogP contribution in [0, 0.1) is 5.92 Å². The largest absolute Gasteiger partial charge is 0.492 e. The van der Waals surface area contributed by atoms with E-state index in [1.165, 1.54) is 6.92 Å². The molecular weight excluding hydrogens is 370 g/mol. The standard InChI is InChI=1S/C21H35N5O3/c1-16(2)20(26-9-12-28-13-10-26)15-24-21(22-4)23-8-11-29-19-7-5-6-18(14-19)25-17(3)27/h5-7,14,16,20H,8-13,15H2,1-4H3,(H,25,27)(H2,22,23,24).